The fourth-order valence-electron chi connectivity index (χ4n) is 2.28. The molecule has 0 aliphatic heterocycles. The summed E-state index contributed by atoms with van der Waals surface area (Å²) in [5.41, 5.74) is 4.02. The highest BCUT2D eigenvalue weighted by molar-refractivity contribution is 5.67. The molecule has 1 aromatic carbocycles. The summed E-state index contributed by atoms with van der Waals surface area (Å²) in [7, 11) is 1.81. The van der Waals surface area contributed by atoms with Crippen LogP contribution in [0, 0.1) is 0 Å². The minimum Gasteiger partial charge on any atom is -0.407 e. The normalized spacial score (nSPS) is 11.1. The molecule has 4 aromatic rings. The van der Waals surface area contributed by atoms with Gasteiger partial charge < -0.3 is 14.7 Å². The molecule has 104 valence electrons. The van der Waals surface area contributed by atoms with E-state index in [2.05, 4.69) is 20.3 Å². The van der Waals surface area contributed by atoms with E-state index >= 15 is 0 Å². The fourth-order valence-corrected chi connectivity index (χ4v) is 2.28. The summed E-state index contributed by atoms with van der Waals surface area (Å²) >= 11 is 0. The molecule has 2 N–H and O–H groups in total. The van der Waals surface area contributed by atoms with Gasteiger partial charge in [-0.2, -0.15) is 4.98 Å². The van der Waals surface area contributed by atoms with Crippen molar-refractivity contribution in [1.29, 1.82) is 0 Å². The molecule has 0 fully saturated rings. The van der Waals surface area contributed by atoms with Crippen molar-refractivity contribution in [3.8, 4) is 22.5 Å². The number of imidazole rings is 2. The molecule has 6 heteroatoms. The highest BCUT2D eigenvalue weighted by Crippen LogP contribution is 2.24. The zero-order valence-corrected chi connectivity index (χ0v) is 11.4. The van der Waals surface area contributed by atoms with Crippen molar-refractivity contribution in [2.24, 2.45) is 0 Å². The van der Waals surface area contributed by atoms with Gasteiger partial charge in [-0.15, -0.1) is 0 Å². The van der Waals surface area contributed by atoms with Gasteiger partial charge in [0.05, 0.1) is 30.1 Å². The number of aromatic amines is 1. The van der Waals surface area contributed by atoms with Crippen LogP contribution in [-0.4, -0.2) is 26.4 Å². The van der Waals surface area contributed by atoms with Crippen LogP contribution in [0.5, 0.6) is 0 Å². The molecule has 3 aromatic heterocycles. The van der Waals surface area contributed by atoms with Crippen LogP contribution in [0.3, 0.4) is 0 Å². The molecule has 3 heterocycles. The van der Waals surface area contributed by atoms with Crippen LogP contribution in [0.4, 0.5) is 5.88 Å². The van der Waals surface area contributed by atoms with E-state index in [4.69, 9.17) is 4.42 Å². The van der Waals surface area contributed by atoms with E-state index in [1.165, 1.54) is 0 Å². The number of anilines is 1. The molecule has 6 nitrogen and oxygen atoms in total. The first-order chi connectivity index (χ1) is 10.3. The first-order valence-electron chi connectivity index (χ1n) is 6.59. The molecule has 0 amide bonds. The third-order valence-electron chi connectivity index (χ3n) is 3.39. The van der Waals surface area contributed by atoms with Gasteiger partial charge in [0.2, 0.25) is 5.88 Å². The van der Waals surface area contributed by atoms with Crippen molar-refractivity contribution in [3.05, 3.63) is 49.2 Å². The molecule has 0 aliphatic rings. The summed E-state index contributed by atoms with van der Waals surface area (Å²) in [5, 5.41) is 2.95. The Morgan fingerprint density at radius 1 is 1.14 bits per heavy atom. The van der Waals surface area contributed by atoms with Crippen LogP contribution < -0.4 is 5.32 Å². The van der Waals surface area contributed by atoms with E-state index in [1.807, 2.05) is 48.1 Å². The number of nitrogens with zero attached hydrogens (tertiary/aromatic N) is 3. The predicted octanol–water partition coefficient (Wildman–Crippen LogP) is 3.03. The maximum absolute atomic E-state index is 5.53. The van der Waals surface area contributed by atoms with Crippen molar-refractivity contribution in [2.75, 3.05) is 12.4 Å². The molecular formula is C15H13N5O. The molecule has 0 aliphatic carbocycles. The van der Waals surface area contributed by atoms with Gasteiger partial charge in [0.15, 0.2) is 0 Å². The Kier molecular flexibility index (Phi) is 2.53. The zero-order valence-electron chi connectivity index (χ0n) is 11.4. The third kappa shape index (κ3) is 1.97. The van der Waals surface area contributed by atoms with E-state index in [9.17, 15) is 0 Å². The lowest BCUT2D eigenvalue weighted by atomic mass is 10.1. The SMILES string of the molecule is CNc1cn2cc(-c3ccc(-c4cnc[nH]4)cc3)nc2o1. The Hall–Kier alpha value is -3.02. The molecule has 0 saturated carbocycles. The molecule has 0 unspecified atom stereocenters. The molecule has 0 atom stereocenters. The lowest BCUT2D eigenvalue weighted by Gasteiger charge is -1.99. The molecule has 0 bridgehead atoms. The van der Waals surface area contributed by atoms with E-state index in [0.29, 0.717) is 11.7 Å². The monoisotopic (exact) mass is 279 g/mol. The van der Waals surface area contributed by atoms with E-state index in [-0.39, 0.29) is 0 Å². The topological polar surface area (TPSA) is 71.2 Å². The summed E-state index contributed by atoms with van der Waals surface area (Å²) in [6, 6.07) is 8.17. The Balaban J connectivity index is 1.69. The van der Waals surface area contributed by atoms with Gasteiger partial charge >= 0.3 is 5.84 Å². The molecule has 21 heavy (non-hydrogen) atoms. The number of H-pyrrole nitrogens is 1. The number of aromatic nitrogens is 4. The number of benzene rings is 1. The Morgan fingerprint density at radius 3 is 2.62 bits per heavy atom. The van der Waals surface area contributed by atoms with Gasteiger partial charge in [0.25, 0.3) is 0 Å². The molecule has 0 radical (unpaired) electrons. The zero-order chi connectivity index (χ0) is 14.2. The first-order valence-corrected chi connectivity index (χ1v) is 6.59. The second-order valence-corrected chi connectivity index (χ2v) is 4.70. The quantitative estimate of drug-likeness (QED) is 0.604. The summed E-state index contributed by atoms with van der Waals surface area (Å²) in [6.07, 6.45) is 7.29. The maximum atomic E-state index is 5.53. The summed E-state index contributed by atoms with van der Waals surface area (Å²) < 4.78 is 7.39. The van der Waals surface area contributed by atoms with Crippen LogP contribution in [0.25, 0.3) is 28.4 Å². The molecule has 0 spiro atoms. The average Bonchev–Trinajstić information content (AvgIpc) is 3.22. The standard InChI is InChI=1S/C15H13N5O/c1-16-14-8-20-7-13(19-15(20)21-14)11-4-2-10(3-5-11)12-6-17-9-18-12/h2-9,16H,1H3,(H,17,18). The summed E-state index contributed by atoms with van der Waals surface area (Å²) in [6.45, 7) is 0. The van der Waals surface area contributed by atoms with Crippen molar-refractivity contribution >= 4 is 11.7 Å². The predicted molar refractivity (Wildman–Crippen MR) is 80.0 cm³/mol. The average molecular weight is 279 g/mol. The van der Waals surface area contributed by atoms with Crippen LogP contribution in [0.1, 0.15) is 0 Å². The van der Waals surface area contributed by atoms with E-state index in [1.54, 1.807) is 12.5 Å². The Morgan fingerprint density at radius 2 is 1.95 bits per heavy atom. The van der Waals surface area contributed by atoms with Crippen LogP contribution in [0.2, 0.25) is 0 Å². The van der Waals surface area contributed by atoms with Crippen molar-refractivity contribution < 1.29 is 4.42 Å². The summed E-state index contributed by atoms with van der Waals surface area (Å²) in [5.74, 6) is 1.27. The smallest absolute Gasteiger partial charge is 0.308 e. The van der Waals surface area contributed by atoms with Crippen molar-refractivity contribution in [1.82, 2.24) is 19.4 Å². The minimum absolute atomic E-state index is 0.576. The van der Waals surface area contributed by atoms with Crippen molar-refractivity contribution in [3.63, 3.8) is 0 Å². The minimum atomic E-state index is 0.576. The third-order valence-corrected chi connectivity index (χ3v) is 3.39. The summed E-state index contributed by atoms with van der Waals surface area (Å²) in [4.78, 5) is 11.6. The number of nitrogens with one attached hydrogen (secondary N) is 2. The number of hydrogen-bond donors (Lipinski definition) is 2. The van der Waals surface area contributed by atoms with Crippen LogP contribution in [0.15, 0.2) is 53.6 Å². The van der Waals surface area contributed by atoms with E-state index in [0.717, 1.165) is 22.5 Å². The van der Waals surface area contributed by atoms with E-state index < -0.39 is 0 Å². The lowest BCUT2D eigenvalue weighted by molar-refractivity contribution is 0.611. The molecular weight excluding hydrogens is 266 g/mol. The van der Waals surface area contributed by atoms with Gasteiger partial charge in [-0.05, 0) is 5.56 Å². The number of fused-ring (bicyclic) bond motifs is 1. The van der Waals surface area contributed by atoms with Crippen molar-refractivity contribution in [2.45, 2.75) is 0 Å². The van der Waals surface area contributed by atoms with Crippen LogP contribution in [-0.2, 0) is 0 Å². The lowest BCUT2D eigenvalue weighted by Crippen LogP contribution is -1.83. The second-order valence-electron chi connectivity index (χ2n) is 4.70. The van der Waals surface area contributed by atoms with Gasteiger partial charge in [0, 0.05) is 18.8 Å². The number of rotatable bonds is 3. The highest BCUT2D eigenvalue weighted by atomic mass is 16.4. The van der Waals surface area contributed by atoms with Gasteiger partial charge in [-0.1, -0.05) is 24.3 Å². The maximum Gasteiger partial charge on any atom is 0.308 e. The number of oxazole rings is 1. The first kappa shape index (κ1) is 11.8. The highest BCUT2D eigenvalue weighted by Gasteiger charge is 2.09. The Labute approximate surface area is 120 Å². The number of hydrogen-bond acceptors (Lipinski definition) is 4. The second kappa shape index (κ2) is 4.52. The van der Waals surface area contributed by atoms with Gasteiger partial charge in [-0.3, -0.25) is 4.40 Å². The fraction of sp³-hybridized carbons (Fsp3) is 0.0667. The Bertz CT molecular complexity index is 839. The molecule has 4 rings (SSSR count). The van der Waals surface area contributed by atoms with Gasteiger partial charge in [-0.25, -0.2) is 4.98 Å². The molecule has 0 saturated heterocycles. The largest absolute Gasteiger partial charge is 0.407 e. The van der Waals surface area contributed by atoms with Crippen LogP contribution >= 0.6 is 0 Å². The van der Waals surface area contributed by atoms with Gasteiger partial charge in [0.1, 0.15) is 0 Å².